The zero-order chi connectivity index (χ0) is 13.0. The number of benzene rings is 1. The zero-order valence-corrected chi connectivity index (χ0v) is 11.9. The van der Waals surface area contributed by atoms with Gasteiger partial charge in [-0.05, 0) is 43.0 Å². The number of carbonyl (C=O) groups is 1. The SMILES string of the molecule is Cc1cc(NC(CC(C)C)C(=O)O)ccc1Br. The Morgan fingerprint density at radius 1 is 1.47 bits per heavy atom. The van der Waals surface area contributed by atoms with Gasteiger partial charge in [0.25, 0.3) is 0 Å². The number of rotatable bonds is 5. The molecule has 0 fully saturated rings. The summed E-state index contributed by atoms with van der Waals surface area (Å²) in [4.78, 5) is 11.1. The van der Waals surface area contributed by atoms with Crippen molar-refractivity contribution < 1.29 is 9.90 Å². The first-order valence-corrected chi connectivity index (χ1v) is 6.45. The molecule has 1 rings (SSSR count). The summed E-state index contributed by atoms with van der Waals surface area (Å²) < 4.78 is 1.03. The van der Waals surface area contributed by atoms with Crippen LogP contribution in [-0.2, 0) is 4.79 Å². The van der Waals surface area contributed by atoms with Gasteiger partial charge in [0.1, 0.15) is 6.04 Å². The fourth-order valence-electron chi connectivity index (χ4n) is 1.63. The third kappa shape index (κ3) is 4.38. The summed E-state index contributed by atoms with van der Waals surface area (Å²) in [5.74, 6) is -0.459. The summed E-state index contributed by atoms with van der Waals surface area (Å²) in [7, 11) is 0. The Hall–Kier alpha value is -1.03. The van der Waals surface area contributed by atoms with Crippen LogP contribution in [0.1, 0.15) is 25.8 Å². The molecule has 0 heterocycles. The Bertz CT molecular complexity index is 404. The van der Waals surface area contributed by atoms with E-state index in [1.807, 2.05) is 39.0 Å². The fourth-order valence-corrected chi connectivity index (χ4v) is 1.88. The average Bonchev–Trinajstić information content (AvgIpc) is 2.21. The number of carboxylic acids is 1. The van der Waals surface area contributed by atoms with Crippen molar-refractivity contribution in [2.75, 3.05) is 5.32 Å². The summed E-state index contributed by atoms with van der Waals surface area (Å²) >= 11 is 3.42. The van der Waals surface area contributed by atoms with Crippen molar-refractivity contribution in [3.8, 4) is 0 Å². The van der Waals surface area contributed by atoms with Gasteiger partial charge in [0.15, 0.2) is 0 Å². The Morgan fingerprint density at radius 3 is 2.59 bits per heavy atom. The summed E-state index contributed by atoms with van der Waals surface area (Å²) in [5.41, 5.74) is 1.93. The van der Waals surface area contributed by atoms with E-state index in [9.17, 15) is 4.79 Å². The van der Waals surface area contributed by atoms with Crippen LogP contribution in [0.5, 0.6) is 0 Å². The second kappa shape index (κ2) is 6.05. The van der Waals surface area contributed by atoms with E-state index >= 15 is 0 Å². The minimum Gasteiger partial charge on any atom is -0.480 e. The van der Waals surface area contributed by atoms with Gasteiger partial charge in [0.2, 0.25) is 0 Å². The van der Waals surface area contributed by atoms with E-state index < -0.39 is 12.0 Å². The van der Waals surface area contributed by atoms with Crippen molar-refractivity contribution in [2.45, 2.75) is 33.2 Å². The van der Waals surface area contributed by atoms with Gasteiger partial charge in [-0.1, -0.05) is 29.8 Å². The van der Waals surface area contributed by atoms with Crippen LogP contribution in [0.2, 0.25) is 0 Å². The number of aryl methyl sites for hydroxylation is 1. The highest BCUT2D eigenvalue weighted by Gasteiger charge is 2.18. The highest BCUT2D eigenvalue weighted by molar-refractivity contribution is 9.10. The lowest BCUT2D eigenvalue weighted by atomic mass is 10.0. The number of carboxylic acid groups (broad SMARTS) is 1. The average molecular weight is 300 g/mol. The smallest absolute Gasteiger partial charge is 0.326 e. The van der Waals surface area contributed by atoms with E-state index in [0.717, 1.165) is 15.7 Å². The van der Waals surface area contributed by atoms with Crippen molar-refractivity contribution in [2.24, 2.45) is 5.92 Å². The zero-order valence-electron chi connectivity index (χ0n) is 10.3. The lowest BCUT2D eigenvalue weighted by Crippen LogP contribution is -2.30. The minimum absolute atomic E-state index is 0.347. The molecular weight excluding hydrogens is 282 g/mol. The molecule has 0 aliphatic rings. The van der Waals surface area contributed by atoms with Crippen molar-refractivity contribution in [3.05, 3.63) is 28.2 Å². The number of hydrogen-bond acceptors (Lipinski definition) is 2. The maximum Gasteiger partial charge on any atom is 0.326 e. The predicted molar refractivity (Wildman–Crippen MR) is 73.4 cm³/mol. The first-order chi connectivity index (χ1) is 7.90. The highest BCUT2D eigenvalue weighted by atomic mass is 79.9. The van der Waals surface area contributed by atoms with Crippen molar-refractivity contribution >= 4 is 27.6 Å². The molecule has 3 nitrogen and oxygen atoms in total. The van der Waals surface area contributed by atoms with E-state index in [2.05, 4.69) is 21.2 Å². The molecule has 4 heteroatoms. The maximum absolute atomic E-state index is 11.1. The number of aliphatic carboxylic acids is 1. The molecule has 0 amide bonds. The number of halogens is 1. The molecule has 0 bridgehead atoms. The molecule has 1 unspecified atom stereocenters. The van der Waals surface area contributed by atoms with E-state index in [4.69, 9.17) is 5.11 Å². The lowest BCUT2D eigenvalue weighted by molar-refractivity contribution is -0.138. The standard InChI is InChI=1S/C13H18BrNO2/c1-8(2)6-12(13(16)17)15-10-4-5-11(14)9(3)7-10/h4-5,7-8,12,15H,6H2,1-3H3,(H,16,17). The molecule has 1 aromatic rings. The molecule has 1 aromatic carbocycles. The highest BCUT2D eigenvalue weighted by Crippen LogP contribution is 2.21. The van der Waals surface area contributed by atoms with Gasteiger partial charge in [0.05, 0.1) is 0 Å². The molecule has 0 spiro atoms. The molecule has 0 aliphatic carbocycles. The Balaban J connectivity index is 2.78. The second-order valence-electron chi connectivity index (χ2n) is 4.63. The van der Waals surface area contributed by atoms with Gasteiger partial charge in [-0.25, -0.2) is 4.79 Å². The van der Waals surface area contributed by atoms with E-state index in [0.29, 0.717) is 12.3 Å². The van der Waals surface area contributed by atoms with Crippen molar-refractivity contribution in [1.29, 1.82) is 0 Å². The number of nitrogens with one attached hydrogen (secondary N) is 1. The van der Waals surface area contributed by atoms with Crippen LogP contribution in [0.3, 0.4) is 0 Å². The molecule has 0 radical (unpaired) electrons. The third-order valence-corrected chi connectivity index (χ3v) is 3.39. The molecule has 17 heavy (non-hydrogen) atoms. The summed E-state index contributed by atoms with van der Waals surface area (Å²) in [6, 6.07) is 5.22. The molecule has 0 aromatic heterocycles. The third-order valence-electron chi connectivity index (χ3n) is 2.50. The molecule has 0 aliphatic heterocycles. The largest absolute Gasteiger partial charge is 0.480 e. The first kappa shape index (κ1) is 14.0. The number of hydrogen-bond donors (Lipinski definition) is 2. The van der Waals surface area contributed by atoms with Crippen LogP contribution in [0, 0.1) is 12.8 Å². The molecule has 94 valence electrons. The maximum atomic E-state index is 11.1. The normalized spacial score (nSPS) is 12.5. The van der Waals surface area contributed by atoms with Gasteiger partial charge in [-0.2, -0.15) is 0 Å². The van der Waals surface area contributed by atoms with Gasteiger partial charge in [-0.3, -0.25) is 0 Å². The van der Waals surface area contributed by atoms with Gasteiger partial charge in [-0.15, -0.1) is 0 Å². The van der Waals surface area contributed by atoms with Gasteiger partial charge in [0, 0.05) is 10.2 Å². The van der Waals surface area contributed by atoms with E-state index in [1.165, 1.54) is 0 Å². The summed E-state index contributed by atoms with van der Waals surface area (Å²) in [6.07, 6.45) is 0.616. The van der Waals surface area contributed by atoms with E-state index in [-0.39, 0.29) is 0 Å². The summed E-state index contributed by atoms with van der Waals surface area (Å²) in [6.45, 7) is 6.02. The molecule has 2 N–H and O–H groups in total. The van der Waals surface area contributed by atoms with Crippen LogP contribution >= 0.6 is 15.9 Å². The van der Waals surface area contributed by atoms with Gasteiger partial charge < -0.3 is 10.4 Å². The van der Waals surface area contributed by atoms with Crippen LogP contribution in [0.15, 0.2) is 22.7 Å². The first-order valence-electron chi connectivity index (χ1n) is 5.65. The molecule has 0 saturated heterocycles. The Labute approximate surface area is 110 Å². The molecular formula is C13H18BrNO2. The van der Waals surface area contributed by atoms with Gasteiger partial charge >= 0.3 is 5.97 Å². The van der Waals surface area contributed by atoms with Crippen LogP contribution in [0.25, 0.3) is 0 Å². The summed E-state index contributed by atoms with van der Waals surface area (Å²) in [5, 5.41) is 12.2. The quantitative estimate of drug-likeness (QED) is 0.872. The fraction of sp³-hybridized carbons (Fsp3) is 0.462. The minimum atomic E-state index is -0.806. The Morgan fingerprint density at radius 2 is 2.12 bits per heavy atom. The predicted octanol–water partition coefficient (Wildman–Crippen LogP) is 3.67. The topological polar surface area (TPSA) is 49.3 Å². The van der Waals surface area contributed by atoms with Crippen LogP contribution in [0.4, 0.5) is 5.69 Å². The Kier molecular flexibility index (Phi) is 5.00. The van der Waals surface area contributed by atoms with E-state index in [1.54, 1.807) is 0 Å². The second-order valence-corrected chi connectivity index (χ2v) is 5.48. The van der Waals surface area contributed by atoms with Crippen LogP contribution in [-0.4, -0.2) is 17.1 Å². The molecule has 0 saturated carbocycles. The monoisotopic (exact) mass is 299 g/mol. The van der Waals surface area contributed by atoms with Crippen LogP contribution < -0.4 is 5.32 Å². The van der Waals surface area contributed by atoms with Crippen molar-refractivity contribution in [1.82, 2.24) is 0 Å². The van der Waals surface area contributed by atoms with Crippen molar-refractivity contribution in [3.63, 3.8) is 0 Å². The lowest BCUT2D eigenvalue weighted by Gasteiger charge is -2.18. The molecule has 1 atom stereocenters. The number of anilines is 1.